The summed E-state index contributed by atoms with van der Waals surface area (Å²) >= 11 is 0. The summed E-state index contributed by atoms with van der Waals surface area (Å²) in [4.78, 5) is 9.24. The average molecular weight is 340 g/mol. The second kappa shape index (κ2) is 5.56. The zero-order valence-corrected chi connectivity index (χ0v) is 14.5. The molecule has 2 aromatic heterocycles. The van der Waals surface area contributed by atoms with Crippen LogP contribution in [0.5, 0.6) is 0 Å². The number of aromatic nitrogens is 2. The molecule has 0 aliphatic heterocycles. The normalized spacial score (nSPS) is 11.5. The molecule has 0 amide bonds. The topological polar surface area (TPSA) is 52.1 Å². The summed E-state index contributed by atoms with van der Waals surface area (Å²) in [6.45, 7) is 4.04. The van der Waals surface area contributed by atoms with Crippen LogP contribution in [-0.4, -0.2) is 9.97 Å². The van der Waals surface area contributed by atoms with Crippen molar-refractivity contribution in [3.05, 3.63) is 71.8 Å². The molecule has 126 valence electrons. The average Bonchev–Trinajstić information content (AvgIpc) is 3.28. The molecule has 3 aromatic carbocycles. The highest BCUT2D eigenvalue weighted by Gasteiger charge is 2.13. The van der Waals surface area contributed by atoms with Crippen LogP contribution in [0.25, 0.3) is 45.1 Å². The first-order chi connectivity index (χ1) is 12.7. The minimum atomic E-state index is 0.600. The summed E-state index contributed by atoms with van der Waals surface area (Å²) < 4.78 is 12.0. The molecule has 2 heterocycles. The SMILES string of the molecule is Cc1cccc2nc(-c3cccc(-c4nc5cccc(C)c5o4)c3)oc12. The molecule has 0 radical (unpaired) electrons. The molecule has 0 saturated carbocycles. The number of hydrogen-bond acceptors (Lipinski definition) is 4. The van der Waals surface area contributed by atoms with Crippen molar-refractivity contribution in [1.82, 2.24) is 9.97 Å². The second-order valence-electron chi connectivity index (χ2n) is 6.47. The number of oxazole rings is 2. The summed E-state index contributed by atoms with van der Waals surface area (Å²) in [5.74, 6) is 1.20. The maximum atomic E-state index is 5.99. The lowest BCUT2D eigenvalue weighted by Gasteiger charge is -1.99. The van der Waals surface area contributed by atoms with Crippen molar-refractivity contribution in [3.8, 4) is 22.9 Å². The third-order valence-electron chi connectivity index (χ3n) is 4.58. The van der Waals surface area contributed by atoms with E-state index >= 15 is 0 Å². The Hall–Kier alpha value is -3.40. The lowest BCUT2D eigenvalue weighted by molar-refractivity contribution is 0.615. The Labute approximate surface area is 150 Å². The predicted octanol–water partition coefficient (Wildman–Crippen LogP) is 5.92. The van der Waals surface area contributed by atoms with Crippen LogP contribution in [0, 0.1) is 13.8 Å². The van der Waals surface area contributed by atoms with Crippen LogP contribution < -0.4 is 0 Å². The first kappa shape index (κ1) is 14.9. The van der Waals surface area contributed by atoms with Gasteiger partial charge in [0.1, 0.15) is 11.0 Å². The van der Waals surface area contributed by atoms with Gasteiger partial charge in [0.2, 0.25) is 11.8 Å². The van der Waals surface area contributed by atoms with Gasteiger partial charge in [0.05, 0.1) is 0 Å². The van der Waals surface area contributed by atoms with Gasteiger partial charge in [0.25, 0.3) is 0 Å². The highest BCUT2D eigenvalue weighted by atomic mass is 16.4. The number of benzene rings is 3. The van der Waals surface area contributed by atoms with Gasteiger partial charge in [0, 0.05) is 11.1 Å². The van der Waals surface area contributed by atoms with Crippen molar-refractivity contribution in [1.29, 1.82) is 0 Å². The van der Waals surface area contributed by atoms with E-state index in [1.165, 1.54) is 0 Å². The van der Waals surface area contributed by atoms with Gasteiger partial charge in [-0.2, -0.15) is 0 Å². The Morgan fingerprint density at radius 2 is 1.08 bits per heavy atom. The lowest BCUT2D eigenvalue weighted by Crippen LogP contribution is -1.81. The molecule has 0 N–H and O–H groups in total. The third-order valence-corrected chi connectivity index (χ3v) is 4.58. The molecule has 5 aromatic rings. The van der Waals surface area contributed by atoms with Gasteiger partial charge in [-0.05, 0) is 55.3 Å². The fourth-order valence-corrected chi connectivity index (χ4v) is 3.21. The Balaban J connectivity index is 1.63. The Morgan fingerprint density at radius 1 is 0.615 bits per heavy atom. The minimum Gasteiger partial charge on any atom is -0.436 e. The standard InChI is InChI=1S/C22H16N2O2/c1-13-6-3-10-17-19(13)25-21(23-17)15-8-5-9-16(12-15)22-24-18-11-4-7-14(2)20(18)26-22/h3-12H,1-2H3. The van der Waals surface area contributed by atoms with Crippen LogP contribution in [0.15, 0.2) is 69.5 Å². The minimum absolute atomic E-state index is 0.600. The summed E-state index contributed by atoms with van der Waals surface area (Å²) in [6, 6.07) is 19.9. The van der Waals surface area contributed by atoms with Gasteiger partial charge in [-0.1, -0.05) is 30.3 Å². The van der Waals surface area contributed by atoms with Crippen molar-refractivity contribution in [3.63, 3.8) is 0 Å². The van der Waals surface area contributed by atoms with Crippen molar-refractivity contribution in [2.45, 2.75) is 13.8 Å². The molecule has 0 saturated heterocycles. The molecular formula is C22H16N2O2. The molecule has 0 spiro atoms. The quantitative estimate of drug-likeness (QED) is 0.400. The second-order valence-corrected chi connectivity index (χ2v) is 6.47. The molecule has 0 bridgehead atoms. The van der Waals surface area contributed by atoms with E-state index in [0.717, 1.165) is 44.5 Å². The third kappa shape index (κ3) is 2.30. The van der Waals surface area contributed by atoms with E-state index in [9.17, 15) is 0 Å². The first-order valence-corrected chi connectivity index (χ1v) is 8.52. The molecule has 0 unspecified atom stereocenters. The van der Waals surface area contributed by atoms with E-state index in [2.05, 4.69) is 9.97 Å². The van der Waals surface area contributed by atoms with Gasteiger partial charge in [0.15, 0.2) is 11.2 Å². The summed E-state index contributed by atoms with van der Waals surface area (Å²) in [5, 5.41) is 0. The number of rotatable bonds is 2. The molecule has 26 heavy (non-hydrogen) atoms. The fourth-order valence-electron chi connectivity index (χ4n) is 3.21. The maximum absolute atomic E-state index is 5.99. The van der Waals surface area contributed by atoms with E-state index in [-0.39, 0.29) is 0 Å². The van der Waals surface area contributed by atoms with Gasteiger partial charge >= 0.3 is 0 Å². The maximum Gasteiger partial charge on any atom is 0.227 e. The van der Waals surface area contributed by atoms with E-state index in [4.69, 9.17) is 8.83 Å². The molecule has 0 atom stereocenters. The summed E-state index contributed by atoms with van der Waals surface area (Å²) in [5.41, 5.74) is 7.33. The number of para-hydroxylation sites is 2. The van der Waals surface area contributed by atoms with Crippen molar-refractivity contribution < 1.29 is 8.83 Å². The lowest BCUT2D eigenvalue weighted by atomic mass is 10.1. The van der Waals surface area contributed by atoms with Gasteiger partial charge in [-0.25, -0.2) is 9.97 Å². The van der Waals surface area contributed by atoms with Crippen molar-refractivity contribution in [2.24, 2.45) is 0 Å². The smallest absolute Gasteiger partial charge is 0.227 e. The molecule has 0 fully saturated rings. The highest BCUT2D eigenvalue weighted by molar-refractivity contribution is 5.81. The number of aryl methyl sites for hydroxylation is 2. The van der Waals surface area contributed by atoms with E-state index in [1.807, 2.05) is 74.5 Å². The molecule has 5 rings (SSSR count). The van der Waals surface area contributed by atoms with Crippen LogP contribution in [0.1, 0.15) is 11.1 Å². The zero-order chi connectivity index (χ0) is 17.7. The Kier molecular flexibility index (Phi) is 3.19. The molecule has 4 heteroatoms. The van der Waals surface area contributed by atoms with E-state index in [1.54, 1.807) is 0 Å². The Morgan fingerprint density at radius 3 is 1.54 bits per heavy atom. The van der Waals surface area contributed by atoms with Crippen LogP contribution in [0.2, 0.25) is 0 Å². The van der Waals surface area contributed by atoms with Crippen LogP contribution in [0.4, 0.5) is 0 Å². The first-order valence-electron chi connectivity index (χ1n) is 8.52. The predicted molar refractivity (Wildman–Crippen MR) is 102 cm³/mol. The Bertz CT molecular complexity index is 1170. The summed E-state index contributed by atoms with van der Waals surface area (Å²) in [6.07, 6.45) is 0. The monoisotopic (exact) mass is 340 g/mol. The van der Waals surface area contributed by atoms with Gasteiger partial charge < -0.3 is 8.83 Å². The van der Waals surface area contributed by atoms with Crippen LogP contribution in [-0.2, 0) is 0 Å². The van der Waals surface area contributed by atoms with Gasteiger partial charge in [-0.15, -0.1) is 0 Å². The van der Waals surface area contributed by atoms with Gasteiger partial charge in [-0.3, -0.25) is 0 Å². The largest absolute Gasteiger partial charge is 0.436 e. The van der Waals surface area contributed by atoms with Crippen molar-refractivity contribution >= 4 is 22.2 Å². The summed E-state index contributed by atoms with van der Waals surface area (Å²) in [7, 11) is 0. The van der Waals surface area contributed by atoms with Crippen LogP contribution in [0.3, 0.4) is 0 Å². The van der Waals surface area contributed by atoms with Crippen molar-refractivity contribution in [2.75, 3.05) is 0 Å². The van der Waals surface area contributed by atoms with E-state index < -0.39 is 0 Å². The zero-order valence-electron chi connectivity index (χ0n) is 14.5. The highest BCUT2D eigenvalue weighted by Crippen LogP contribution is 2.31. The van der Waals surface area contributed by atoms with E-state index in [0.29, 0.717) is 11.8 Å². The number of fused-ring (bicyclic) bond motifs is 2. The molecule has 4 nitrogen and oxygen atoms in total. The number of hydrogen-bond donors (Lipinski definition) is 0. The molecular weight excluding hydrogens is 324 g/mol. The number of nitrogens with zero attached hydrogens (tertiary/aromatic N) is 2. The fraction of sp³-hybridized carbons (Fsp3) is 0.0909. The molecule has 0 aliphatic rings. The van der Waals surface area contributed by atoms with Crippen LogP contribution >= 0.6 is 0 Å². The molecule has 0 aliphatic carbocycles.